The second-order valence-corrected chi connectivity index (χ2v) is 5.02. The van der Waals surface area contributed by atoms with Gasteiger partial charge in [-0.25, -0.2) is 0 Å². The van der Waals surface area contributed by atoms with Gasteiger partial charge in [0.05, 0.1) is 0 Å². The van der Waals surface area contributed by atoms with Crippen LogP contribution in [0.4, 0.5) is 5.69 Å². The molecule has 6 heteroatoms. The van der Waals surface area contributed by atoms with Gasteiger partial charge in [0, 0.05) is 31.9 Å². The van der Waals surface area contributed by atoms with Gasteiger partial charge in [-0.1, -0.05) is 12.1 Å². The average Bonchev–Trinajstić information content (AvgIpc) is 2.47. The molecule has 0 aromatic heterocycles. The van der Waals surface area contributed by atoms with E-state index in [1.807, 2.05) is 0 Å². The van der Waals surface area contributed by atoms with Gasteiger partial charge in [0.2, 0.25) is 0 Å². The maximum absolute atomic E-state index is 11.3. The number of carboxylic acids is 2. The van der Waals surface area contributed by atoms with Gasteiger partial charge in [-0.3, -0.25) is 9.59 Å². The fourth-order valence-corrected chi connectivity index (χ4v) is 2.27. The van der Waals surface area contributed by atoms with Crippen LogP contribution >= 0.6 is 0 Å². The van der Waals surface area contributed by atoms with Crippen molar-refractivity contribution in [3.8, 4) is 0 Å². The molecule has 1 aliphatic heterocycles. The molecule has 1 saturated heterocycles. The summed E-state index contributed by atoms with van der Waals surface area (Å²) < 4.78 is 0. The molecule has 0 unspecified atom stereocenters. The van der Waals surface area contributed by atoms with Crippen LogP contribution in [-0.4, -0.2) is 48.3 Å². The smallest absolute Gasteiger partial charge is 0.325 e. The van der Waals surface area contributed by atoms with Crippen LogP contribution in [0, 0.1) is 0 Å². The third kappa shape index (κ3) is 2.46. The minimum Gasteiger partial charge on any atom is -0.480 e. The Hall–Kier alpha value is -2.08. The summed E-state index contributed by atoms with van der Waals surface area (Å²) in [5.41, 5.74) is -0.660. The van der Waals surface area contributed by atoms with Crippen molar-refractivity contribution in [1.82, 2.24) is 5.32 Å². The van der Waals surface area contributed by atoms with Crippen LogP contribution in [-0.2, 0) is 15.0 Å². The van der Waals surface area contributed by atoms with Gasteiger partial charge in [0.1, 0.15) is 0 Å². The van der Waals surface area contributed by atoms with Crippen LogP contribution in [0.2, 0.25) is 0 Å². The standard InChI is InChI=1S/C14H18N2O4/c1-14(12(17)18,13(19)20)10-2-4-11(5-3-10)16-8-6-15-7-9-16/h2-5,15H,6-9H2,1H3,(H,17,18)(H,19,20). The zero-order chi connectivity index (χ0) is 14.8. The minimum absolute atomic E-state index is 0.274. The molecule has 6 nitrogen and oxygen atoms in total. The van der Waals surface area contributed by atoms with E-state index in [1.54, 1.807) is 24.3 Å². The quantitative estimate of drug-likeness (QED) is 0.696. The highest BCUT2D eigenvalue weighted by atomic mass is 16.4. The number of hydrogen-bond donors (Lipinski definition) is 3. The van der Waals surface area contributed by atoms with Gasteiger partial charge >= 0.3 is 11.9 Å². The lowest BCUT2D eigenvalue weighted by molar-refractivity contribution is -0.156. The number of nitrogens with one attached hydrogen (secondary N) is 1. The molecule has 0 radical (unpaired) electrons. The Balaban J connectivity index is 2.26. The monoisotopic (exact) mass is 278 g/mol. The van der Waals surface area contributed by atoms with Crippen LogP contribution in [0.3, 0.4) is 0 Å². The second kappa shape index (κ2) is 5.50. The predicted octanol–water partition coefficient (Wildman–Crippen LogP) is 0.523. The molecular formula is C14H18N2O4. The van der Waals surface area contributed by atoms with E-state index in [0.717, 1.165) is 31.9 Å². The Bertz CT molecular complexity index is 492. The highest BCUT2D eigenvalue weighted by Crippen LogP contribution is 2.27. The molecule has 0 amide bonds. The van der Waals surface area contributed by atoms with Crippen molar-refractivity contribution >= 4 is 17.6 Å². The first kappa shape index (κ1) is 14.3. The molecule has 1 aromatic rings. The van der Waals surface area contributed by atoms with Crippen LogP contribution in [0.5, 0.6) is 0 Å². The molecule has 0 bridgehead atoms. The van der Waals surface area contributed by atoms with E-state index in [9.17, 15) is 19.8 Å². The van der Waals surface area contributed by atoms with Crippen molar-refractivity contribution in [3.63, 3.8) is 0 Å². The molecule has 0 spiro atoms. The number of nitrogens with zero attached hydrogens (tertiary/aromatic N) is 1. The van der Waals surface area contributed by atoms with Gasteiger partial charge in [0.15, 0.2) is 5.41 Å². The number of piperazine rings is 1. The molecule has 3 N–H and O–H groups in total. The third-order valence-corrected chi connectivity index (χ3v) is 3.78. The molecule has 1 aromatic carbocycles. The zero-order valence-corrected chi connectivity index (χ0v) is 11.3. The number of rotatable bonds is 4. The van der Waals surface area contributed by atoms with Crippen LogP contribution in [0.1, 0.15) is 12.5 Å². The molecule has 0 saturated carbocycles. The predicted molar refractivity (Wildman–Crippen MR) is 74.1 cm³/mol. The SMILES string of the molecule is CC(C(=O)O)(C(=O)O)c1ccc(N2CCNCC2)cc1. The second-order valence-electron chi connectivity index (χ2n) is 5.02. The first-order valence-electron chi connectivity index (χ1n) is 6.49. The number of benzene rings is 1. The summed E-state index contributed by atoms with van der Waals surface area (Å²) in [4.78, 5) is 24.7. The fraction of sp³-hybridized carbons (Fsp3) is 0.429. The summed E-state index contributed by atoms with van der Waals surface area (Å²) in [5.74, 6) is -2.72. The van der Waals surface area contributed by atoms with E-state index in [0.29, 0.717) is 0 Å². The van der Waals surface area contributed by atoms with E-state index in [4.69, 9.17) is 0 Å². The number of aliphatic carboxylic acids is 2. The topological polar surface area (TPSA) is 89.9 Å². The van der Waals surface area contributed by atoms with E-state index < -0.39 is 17.4 Å². The molecule has 20 heavy (non-hydrogen) atoms. The van der Waals surface area contributed by atoms with E-state index in [2.05, 4.69) is 10.2 Å². The summed E-state index contributed by atoms with van der Waals surface area (Å²) in [5, 5.41) is 21.6. The Morgan fingerprint density at radius 2 is 1.60 bits per heavy atom. The highest BCUT2D eigenvalue weighted by Gasteiger charge is 2.43. The first-order valence-corrected chi connectivity index (χ1v) is 6.49. The van der Waals surface area contributed by atoms with Crippen molar-refractivity contribution in [3.05, 3.63) is 29.8 Å². The molecule has 2 rings (SSSR count). The maximum Gasteiger partial charge on any atom is 0.325 e. The third-order valence-electron chi connectivity index (χ3n) is 3.78. The maximum atomic E-state index is 11.3. The van der Waals surface area contributed by atoms with Crippen molar-refractivity contribution < 1.29 is 19.8 Å². The highest BCUT2D eigenvalue weighted by molar-refractivity contribution is 6.04. The Kier molecular flexibility index (Phi) is 3.94. The van der Waals surface area contributed by atoms with Gasteiger partial charge in [-0.15, -0.1) is 0 Å². The molecule has 1 heterocycles. The zero-order valence-electron chi connectivity index (χ0n) is 11.3. The molecule has 1 fully saturated rings. The Labute approximate surface area is 117 Å². The van der Waals surface area contributed by atoms with Gasteiger partial charge < -0.3 is 20.4 Å². The van der Waals surface area contributed by atoms with Gasteiger partial charge in [-0.2, -0.15) is 0 Å². The number of carboxylic acid groups (broad SMARTS) is 2. The Morgan fingerprint density at radius 3 is 2.05 bits per heavy atom. The Morgan fingerprint density at radius 1 is 1.10 bits per heavy atom. The van der Waals surface area contributed by atoms with E-state index in [-0.39, 0.29) is 5.56 Å². The van der Waals surface area contributed by atoms with Crippen molar-refractivity contribution in [2.24, 2.45) is 0 Å². The molecule has 0 atom stereocenters. The van der Waals surface area contributed by atoms with Gasteiger partial charge in [-0.05, 0) is 24.6 Å². The minimum atomic E-state index is -1.91. The normalized spacial score (nSPS) is 15.9. The average molecular weight is 278 g/mol. The van der Waals surface area contributed by atoms with E-state index in [1.165, 1.54) is 6.92 Å². The lowest BCUT2D eigenvalue weighted by Crippen LogP contribution is -2.43. The molecule has 1 aliphatic rings. The molecule has 108 valence electrons. The van der Waals surface area contributed by atoms with Gasteiger partial charge in [0.25, 0.3) is 0 Å². The van der Waals surface area contributed by atoms with Crippen molar-refractivity contribution in [2.45, 2.75) is 12.3 Å². The van der Waals surface area contributed by atoms with Crippen molar-refractivity contribution in [1.29, 1.82) is 0 Å². The summed E-state index contributed by atoms with van der Waals surface area (Å²) in [6.07, 6.45) is 0. The number of hydrogen-bond acceptors (Lipinski definition) is 4. The largest absolute Gasteiger partial charge is 0.480 e. The fourth-order valence-electron chi connectivity index (χ4n) is 2.27. The lowest BCUT2D eigenvalue weighted by Gasteiger charge is -2.30. The van der Waals surface area contributed by atoms with Crippen LogP contribution in [0.25, 0.3) is 0 Å². The summed E-state index contributed by atoms with van der Waals surface area (Å²) >= 11 is 0. The first-order chi connectivity index (χ1) is 9.46. The van der Waals surface area contributed by atoms with Crippen LogP contribution < -0.4 is 10.2 Å². The van der Waals surface area contributed by atoms with Crippen molar-refractivity contribution in [2.75, 3.05) is 31.1 Å². The summed E-state index contributed by atoms with van der Waals surface area (Å²) in [7, 11) is 0. The lowest BCUT2D eigenvalue weighted by atomic mass is 9.82. The molecule has 0 aliphatic carbocycles. The summed E-state index contributed by atoms with van der Waals surface area (Å²) in [6, 6.07) is 6.73. The molecular weight excluding hydrogens is 260 g/mol. The van der Waals surface area contributed by atoms with E-state index >= 15 is 0 Å². The number of carbonyl (C=O) groups is 2. The van der Waals surface area contributed by atoms with Crippen LogP contribution in [0.15, 0.2) is 24.3 Å². The summed E-state index contributed by atoms with van der Waals surface area (Å²) in [6.45, 7) is 4.79. The number of anilines is 1.